The van der Waals surface area contributed by atoms with Gasteiger partial charge in [-0.25, -0.2) is 4.79 Å². The minimum atomic E-state index is -4.27. The van der Waals surface area contributed by atoms with Gasteiger partial charge in [0.25, 0.3) is 10.1 Å². The predicted octanol–water partition coefficient (Wildman–Crippen LogP) is 2.69. The van der Waals surface area contributed by atoms with Crippen LogP contribution >= 0.6 is 0 Å². The summed E-state index contributed by atoms with van der Waals surface area (Å²) in [6.07, 6.45) is -2.39. The fourth-order valence-corrected chi connectivity index (χ4v) is 3.26. The fraction of sp³-hybridized carbons (Fsp3) is 0.556. The quantitative estimate of drug-likeness (QED) is 0.475. The van der Waals surface area contributed by atoms with Gasteiger partial charge in [-0.1, -0.05) is 25.1 Å². The summed E-state index contributed by atoms with van der Waals surface area (Å²) >= 11 is 0. The van der Waals surface area contributed by atoms with Crippen LogP contribution in [0.5, 0.6) is 0 Å². The fourth-order valence-electron chi connectivity index (χ4n) is 2.17. The molecule has 0 radical (unpaired) electrons. The largest absolute Gasteiger partial charge is 0.463 e. The van der Waals surface area contributed by atoms with Crippen LogP contribution in [-0.2, 0) is 33.4 Å². The van der Waals surface area contributed by atoms with Crippen molar-refractivity contribution in [1.82, 2.24) is 0 Å². The molecule has 1 rings (SSSR count). The number of hydrogen-bond acceptors (Lipinski definition) is 7. The smallest absolute Gasteiger partial charge is 0.337 e. The average Bonchev–Trinajstić information content (AvgIpc) is 2.54. The molecule has 0 saturated heterocycles. The minimum absolute atomic E-state index is 0.116. The second kappa shape index (κ2) is 9.68. The SMILES string of the molecule is CC[C@H](C(=O)OC(C)C)[C@@H](OS(=O)(=O)c1ccccc1)C(=O)OC(C)C. The van der Waals surface area contributed by atoms with E-state index in [0.717, 1.165) is 0 Å². The summed E-state index contributed by atoms with van der Waals surface area (Å²) < 4.78 is 40.4. The van der Waals surface area contributed by atoms with Crippen LogP contribution in [-0.4, -0.2) is 38.7 Å². The van der Waals surface area contributed by atoms with Gasteiger partial charge in [0.15, 0.2) is 6.10 Å². The Balaban J connectivity index is 3.19. The molecule has 0 amide bonds. The number of esters is 2. The molecule has 2 atom stereocenters. The average molecular weight is 386 g/mol. The highest BCUT2D eigenvalue weighted by atomic mass is 32.2. The van der Waals surface area contributed by atoms with E-state index < -0.39 is 46.3 Å². The van der Waals surface area contributed by atoms with E-state index >= 15 is 0 Å². The maximum atomic E-state index is 12.5. The first-order valence-electron chi connectivity index (χ1n) is 8.47. The molecular weight excluding hydrogens is 360 g/mol. The summed E-state index contributed by atoms with van der Waals surface area (Å²) in [7, 11) is -4.27. The molecule has 1 aromatic carbocycles. The summed E-state index contributed by atoms with van der Waals surface area (Å²) in [6, 6.07) is 7.39. The first-order chi connectivity index (χ1) is 12.1. The highest BCUT2D eigenvalue weighted by Gasteiger charge is 2.40. The van der Waals surface area contributed by atoms with Crippen molar-refractivity contribution >= 4 is 22.1 Å². The van der Waals surface area contributed by atoms with Crippen molar-refractivity contribution in [3.05, 3.63) is 30.3 Å². The van der Waals surface area contributed by atoms with E-state index in [0.29, 0.717) is 0 Å². The van der Waals surface area contributed by atoms with Gasteiger partial charge >= 0.3 is 11.9 Å². The number of rotatable bonds is 9. The molecule has 0 aliphatic carbocycles. The van der Waals surface area contributed by atoms with Crippen molar-refractivity contribution < 1.29 is 31.7 Å². The van der Waals surface area contributed by atoms with Gasteiger partial charge in [-0.2, -0.15) is 8.42 Å². The molecule has 0 N–H and O–H groups in total. The summed E-state index contributed by atoms with van der Waals surface area (Å²) in [6.45, 7) is 8.20. The molecule has 7 nitrogen and oxygen atoms in total. The van der Waals surface area contributed by atoms with Crippen LogP contribution in [0.15, 0.2) is 35.2 Å². The Hall–Kier alpha value is -1.93. The maximum absolute atomic E-state index is 12.5. The Labute approximate surface area is 154 Å². The molecule has 0 fully saturated rings. The monoisotopic (exact) mass is 386 g/mol. The van der Waals surface area contributed by atoms with E-state index in [-0.39, 0.29) is 11.3 Å². The van der Waals surface area contributed by atoms with E-state index in [1.807, 2.05) is 0 Å². The first-order valence-corrected chi connectivity index (χ1v) is 9.88. The molecule has 8 heteroatoms. The zero-order chi connectivity index (χ0) is 19.9. The first kappa shape index (κ1) is 22.1. The van der Waals surface area contributed by atoms with E-state index in [2.05, 4.69) is 0 Å². The van der Waals surface area contributed by atoms with Crippen molar-refractivity contribution in [1.29, 1.82) is 0 Å². The van der Waals surface area contributed by atoms with Crippen molar-refractivity contribution in [2.24, 2.45) is 5.92 Å². The Morgan fingerprint density at radius 2 is 1.42 bits per heavy atom. The maximum Gasteiger partial charge on any atom is 0.337 e. The normalized spacial score (nSPS) is 14.1. The zero-order valence-electron chi connectivity index (χ0n) is 15.7. The van der Waals surface area contributed by atoms with Crippen molar-refractivity contribution in [2.75, 3.05) is 0 Å². The molecule has 0 aliphatic rings. The molecule has 0 unspecified atom stereocenters. The number of hydrogen-bond donors (Lipinski definition) is 0. The topological polar surface area (TPSA) is 96.0 Å². The lowest BCUT2D eigenvalue weighted by Crippen LogP contribution is -2.41. The molecule has 0 heterocycles. The summed E-state index contributed by atoms with van der Waals surface area (Å²) in [5.41, 5.74) is 0. The van der Waals surface area contributed by atoms with E-state index in [4.69, 9.17) is 13.7 Å². The number of carbonyl (C=O) groups excluding carboxylic acids is 2. The molecule has 0 bridgehead atoms. The Kier molecular flexibility index (Phi) is 8.23. The van der Waals surface area contributed by atoms with Gasteiger partial charge in [-0.3, -0.25) is 8.98 Å². The summed E-state index contributed by atoms with van der Waals surface area (Å²) in [4.78, 5) is 24.7. The second-order valence-corrected chi connectivity index (χ2v) is 7.84. The number of carbonyl (C=O) groups is 2. The second-order valence-electron chi connectivity index (χ2n) is 6.27. The number of ether oxygens (including phenoxy) is 2. The summed E-state index contributed by atoms with van der Waals surface area (Å²) in [5.74, 6) is -2.74. The van der Waals surface area contributed by atoms with Gasteiger partial charge in [0, 0.05) is 0 Å². The third-order valence-corrected chi connectivity index (χ3v) is 4.62. The van der Waals surface area contributed by atoms with E-state index in [1.165, 1.54) is 24.3 Å². The lowest BCUT2D eigenvalue weighted by atomic mass is 9.99. The molecule has 0 saturated carbocycles. The molecule has 146 valence electrons. The van der Waals surface area contributed by atoms with Crippen LogP contribution in [0.4, 0.5) is 0 Å². The van der Waals surface area contributed by atoms with Gasteiger partial charge in [0.05, 0.1) is 23.0 Å². The third kappa shape index (κ3) is 6.42. The van der Waals surface area contributed by atoms with Gasteiger partial charge in [-0.15, -0.1) is 0 Å². The lowest BCUT2D eigenvalue weighted by molar-refractivity contribution is -0.169. The summed E-state index contributed by atoms with van der Waals surface area (Å²) in [5, 5.41) is 0. The van der Waals surface area contributed by atoms with Crippen LogP contribution < -0.4 is 0 Å². The molecule has 0 spiro atoms. The highest BCUT2D eigenvalue weighted by molar-refractivity contribution is 7.86. The van der Waals surface area contributed by atoms with Crippen LogP contribution in [0.25, 0.3) is 0 Å². The van der Waals surface area contributed by atoms with Crippen LogP contribution in [0, 0.1) is 5.92 Å². The molecule has 26 heavy (non-hydrogen) atoms. The lowest BCUT2D eigenvalue weighted by Gasteiger charge is -2.24. The van der Waals surface area contributed by atoms with Crippen LogP contribution in [0.3, 0.4) is 0 Å². The Morgan fingerprint density at radius 3 is 1.88 bits per heavy atom. The zero-order valence-corrected chi connectivity index (χ0v) is 16.5. The van der Waals surface area contributed by atoms with E-state index in [9.17, 15) is 18.0 Å². The Bertz CT molecular complexity index is 696. The van der Waals surface area contributed by atoms with Gasteiger partial charge in [0.2, 0.25) is 0 Å². The van der Waals surface area contributed by atoms with Gasteiger partial charge < -0.3 is 9.47 Å². The molecule has 0 aromatic heterocycles. The Morgan fingerprint density at radius 1 is 0.923 bits per heavy atom. The third-order valence-electron chi connectivity index (χ3n) is 3.31. The predicted molar refractivity (Wildman–Crippen MR) is 94.7 cm³/mol. The van der Waals surface area contributed by atoms with Crippen molar-refractivity contribution in [3.63, 3.8) is 0 Å². The van der Waals surface area contributed by atoms with Crippen molar-refractivity contribution in [3.8, 4) is 0 Å². The van der Waals surface area contributed by atoms with E-state index in [1.54, 1.807) is 40.7 Å². The number of benzene rings is 1. The highest BCUT2D eigenvalue weighted by Crippen LogP contribution is 2.23. The van der Waals surface area contributed by atoms with Crippen molar-refractivity contribution in [2.45, 2.75) is 64.2 Å². The van der Waals surface area contributed by atoms with Crippen LogP contribution in [0.2, 0.25) is 0 Å². The van der Waals surface area contributed by atoms with Crippen LogP contribution in [0.1, 0.15) is 41.0 Å². The van der Waals surface area contributed by atoms with Gasteiger partial charge in [0.1, 0.15) is 0 Å². The minimum Gasteiger partial charge on any atom is -0.463 e. The standard InChI is InChI=1S/C18H26O7S/c1-6-15(17(19)23-12(2)3)16(18(20)24-13(4)5)25-26(21,22)14-10-8-7-9-11-14/h7-13,15-16H,6H2,1-5H3/t15-,16+/m0/s1. The molecule has 1 aromatic rings. The molecular formula is C18H26O7S. The van der Waals surface area contributed by atoms with Gasteiger partial charge in [-0.05, 0) is 46.2 Å². The molecule has 0 aliphatic heterocycles.